The number of amides is 3. The number of carbonyl (C=O) groups is 4. The quantitative estimate of drug-likeness (QED) is 0.412. The van der Waals surface area contributed by atoms with Crippen LogP contribution in [-0.4, -0.2) is 55.8 Å². The van der Waals surface area contributed by atoms with Gasteiger partial charge in [0.1, 0.15) is 17.2 Å². The Kier molecular flexibility index (Phi) is 5.41. The van der Waals surface area contributed by atoms with E-state index in [1.807, 2.05) is 60.7 Å². The summed E-state index contributed by atoms with van der Waals surface area (Å²) in [5.74, 6) is -2.42. The average Bonchev–Trinajstić information content (AvgIpc) is 3.16. The first kappa shape index (κ1) is 21.3. The van der Waals surface area contributed by atoms with Crippen LogP contribution in [0.15, 0.2) is 72.1 Å². The Hall–Kier alpha value is -3.59. The number of rotatable bonds is 5. The smallest absolute Gasteiger partial charge is 0.359 e. The monoisotopic (exact) mass is 464 g/mol. The van der Waals surface area contributed by atoms with Crippen molar-refractivity contribution in [3.63, 3.8) is 0 Å². The van der Waals surface area contributed by atoms with Crippen LogP contribution >= 0.6 is 11.8 Å². The van der Waals surface area contributed by atoms with Gasteiger partial charge in [-0.15, -0.1) is 11.8 Å². The first-order chi connectivity index (χ1) is 16.0. The van der Waals surface area contributed by atoms with Gasteiger partial charge in [0, 0.05) is 12.8 Å². The minimum Gasteiger partial charge on any atom is -0.509 e. The van der Waals surface area contributed by atoms with Gasteiger partial charge < -0.3 is 9.84 Å². The lowest BCUT2D eigenvalue weighted by Crippen LogP contribution is -2.71. The van der Waals surface area contributed by atoms with Gasteiger partial charge in [0.15, 0.2) is 11.8 Å². The lowest BCUT2D eigenvalue weighted by atomic mass is 10.0. The first-order valence-electron chi connectivity index (χ1n) is 10.5. The molecule has 3 aliphatic heterocycles. The van der Waals surface area contributed by atoms with E-state index in [-0.39, 0.29) is 30.1 Å². The minimum absolute atomic E-state index is 0.0624. The van der Waals surface area contributed by atoms with Crippen LogP contribution in [0.2, 0.25) is 0 Å². The lowest BCUT2D eigenvalue weighted by Gasteiger charge is -2.51. The second-order valence-corrected chi connectivity index (χ2v) is 9.02. The van der Waals surface area contributed by atoms with E-state index in [2.05, 4.69) is 0 Å². The van der Waals surface area contributed by atoms with Gasteiger partial charge in [-0.2, -0.15) is 0 Å². The predicted molar refractivity (Wildman–Crippen MR) is 118 cm³/mol. The van der Waals surface area contributed by atoms with Crippen molar-refractivity contribution in [1.29, 1.82) is 0 Å². The highest BCUT2D eigenvalue weighted by molar-refractivity contribution is 8.00. The fraction of sp³-hybridized carbons (Fsp3) is 0.250. The Morgan fingerprint density at radius 1 is 0.909 bits per heavy atom. The molecule has 168 valence electrons. The molecule has 1 N–H and O–H groups in total. The van der Waals surface area contributed by atoms with Gasteiger partial charge in [-0.25, -0.2) is 4.79 Å². The number of likely N-dealkylation sites (tertiary alicyclic amines) is 1. The number of fused-ring (bicyclic) bond motifs is 1. The largest absolute Gasteiger partial charge is 0.509 e. The van der Waals surface area contributed by atoms with Crippen molar-refractivity contribution in [3.05, 3.63) is 83.2 Å². The highest BCUT2D eigenvalue weighted by Gasteiger charge is 2.59. The number of aliphatic hydroxyl groups is 1. The number of nitrogens with zero attached hydrogens (tertiary/aromatic N) is 2. The first-order valence-corrected chi connectivity index (χ1v) is 11.5. The fourth-order valence-electron chi connectivity index (χ4n) is 4.33. The summed E-state index contributed by atoms with van der Waals surface area (Å²) in [7, 11) is 0. The SMILES string of the molecule is O=C(OC(c1ccccc1)c1ccccc1)C1=C(O)CS[C@@H]2C(N3C(=O)CCC3=O)C(=O)N12. The van der Waals surface area contributed by atoms with Crippen molar-refractivity contribution in [2.24, 2.45) is 0 Å². The number of carbonyl (C=O) groups excluding carboxylic acids is 4. The Bertz CT molecular complexity index is 1110. The Labute approximate surface area is 193 Å². The van der Waals surface area contributed by atoms with Gasteiger partial charge in [0.05, 0.1) is 5.75 Å². The molecule has 3 heterocycles. The molecule has 2 saturated heterocycles. The highest BCUT2D eigenvalue weighted by atomic mass is 32.2. The third kappa shape index (κ3) is 3.58. The number of benzene rings is 2. The molecule has 5 rings (SSSR count). The Balaban J connectivity index is 1.42. The molecule has 2 aromatic carbocycles. The van der Waals surface area contributed by atoms with E-state index in [9.17, 15) is 24.3 Å². The van der Waals surface area contributed by atoms with E-state index < -0.39 is 41.2 Å². The summed E-state index contributed by atoms with van der Waals surface area (Å²) >= 11 is 1.20. The van der Waals surface area contributed by atoms with Crippen molar-refractivity contribution in [1.82, 2.24) is 9.80 Å². The molecule has 0 spiro atoms. The fourth-order valence-corrected chi connectivity index (χ4v) is 5.57. The van der Waals surface area contributed by atoms with Crippen LogP contribution in [0.5, 0.6) is 0 Å². The second kappa shape index (κ2) is 8.40. The maximum atomic E-state index is 13.3. The summed E-state index contributed by atoms with van der Waals surface area (Å²) in [5, 5.41) is 9.87. The molecule has 9 heteroatoms. The van der Waals surface area contributed by atoms with Gasteiger partial charge in [-0.05, 0) is 11.1 Å². The van der Waals surface area contributed by atoms with E-state index in [4.69, 9.17) is 4.74 Å². The zero-order valence-corrected chi connectivity index (χ0v) is 18.2. The normalized spacial score (nSPS) is 22.5. The van der Waals surface area contributed by atoms with Crippen molar-refractivity contribution >= 4 is 35.5 Å². The summed E-state index contributed by atoms with van der Waals surface area (Å²) < 4.78 is 5.83. The summed E-state index contributed by atoms with van der Waals surface area (Å²) in [6.07, 6.45) is -0.598. The zero-order valence-electron chi connectivity index (χ0n) is 17.4. The Morgan fingerprint density at radius 2 is 1.45 bits per heavy atom. The van der Waals surface area contributed by atoms with Crippen LogP contribution in [0, 0.1) is 0 Å². The summed E-state index contributed by atoms with van der Waals surface area (Å²) in [6, 6.07) is 17.4. The molecule has 2 atom stereocenters. The molecular formula is C24H20N2O6S. The molecule has 0 aliphatic carbocycles. The number of hydrogen-bond donors (Lipinski definition) is 1. The van der Waals surface area contributed by atoms with Crippen LogP contribution in [0.4, 0.5) is 0 Å². The number of thioether (sulfide) groups is 1. The summed E-state index contributed by atoms with van der Waals surface area (Å²) in [5.41, 5.74) is 1.23. The molecule has 0 saturated carbocycles. The average molecular weight is 464 g/mol. The molecule has 0 radical (unpaired) electrons. The Morgan fingerprint density at radius 3 is 2.00 bits per heavy atom. The number of hydrogen-bond acceptors (Lipinski definition) is 7. The maximum absolute atomic E-state index is 13.3. The molecule has 1 unspecified atom stereocenters. The van der Waals surface area contributed by atoms with Gasteiger partial charge in [-0.1, -0.05) is 60.7 Å². The third-order valence-electron chi connectivity index (χ3n) is 5.91. The molecule has 33 heavy (non-hydrogen) atoms. The molecule has 3 aliphatic rings. The summed E-state index contributed by atoms with van der Waals surface area (Å²) in [6.45, 7) is 0. The predicted octanol–water partition coefficient (Wildman–Crippen LogP) is 2.52. The van der Waals surface area contributed by atoms with Crippen molar-refractivity contribution in [3.8, 4) is 0 Å². The molecule has 8 nitrogen and oxygen atoms in total. The number of β-lactam (4-membered cyclic amide) rings is 1. The summed E-state index contributed by atoms with van der Waals surface area (Å²) in [4.78, 5) is 52.7. The van der Waals surface area contributed by atoms with Crippen molar-refractivity contribution < 1.29 is 29.0 Å². The standard InChI is InChI=1S/C24H20N2O6S/c27-16-13-33-23-20(25-17(28)11-12-18(25)29)22(30)26(23)19(16)24(31)32-21(14-7-3-1-4-8-14)15-9-5-2-6-10-15/h1-10,20-21,23,27H,11-13H2/t20?,23-/m1/s1. The second-order valence-electron chi connectivity index (χ2n) is 7.91. The van der Waals surface area contributed by atoms with Crippen LogP contribution in [0.1, 0.15) is 30.1 Å². The van der Waals surface area contributed by atoms with E-state index in [1.165, 1.54) is 11.8 Å². The lowest BCUT2D eigenvalue weighted by molar-refractivity contribution is -0.164. The van der Waals surface area contributed by atoms with E-state index in [1.54, 1.807) is 0 Å². The molecular weight excluding hydrogens is 444 g/mol. The van der Waals surface area contributed by atoms with Crippen LogP contribution < -0.4 is 0 Å². The molecule has 0 aromatic heterocycles. The van der Waals surface area contributed by atoms with Gasteiger partial charge in [0.25, 0.3) is 5.91 Å². The van der Waals surface area contributed by atoms with E-state index in [0.29, 0.717) is 0 Å². The van der Waals surface area contributed by atoms with Crippen LogP contribution in [0.25, 0.3) is 0 Å². The van der Waals surface area contributed by atoms with Crippen molar-refractivity contribution in [2.75, 3.05) is 5.75 Å². The third-order valence-corrected chi connectivity index (χ3v) is 7.16. The number of aliphatic hydroxyl groups excluding tert-OH is 1. The van der Waals surface area contributed by atoms with Crippen LogP contribution in [0.3, 0.4) is 0 Å². The molecule has 0 bridgehead atoms. The van der Waals surface area contributed by atoms with Gasteiger partial charge in [-0.3, -0.25) is 24.2 Å². The molecule has 2 fully saturated rings. The van der Waals surface area contributed by atoms with Gasteiger partial charge >= 0.3 is 5.97 Å². The topological polar surface area (TPSA) is 104 Å². The zero-order chi connectivity index (χ0) is 23.1. The maximum Gasteiger partial charge on any atom is 0.359 e. The van der Waals surface area contributed by atoms with Crippen molar-refractivity contribution in [2.45, 2.75) is 30.4 Å². The number of esters is 1. The molecule has 3 amide bonds. The minimum atomic E-state index is -0.965. The van der Waals surface area contributed by atoms with Gasteiger partial charge in [0.2, 0.25) is 11.8 Å². The van der Waals surface area contributed by atoms with Crippen LogP contribution in [-0.2, 0) is 23.9 Å². The number of imide groups is 1. The number of ether oxygens (including phenoxy) is 1. The van der Waals surface area contributed by atoms with E-state index >= 15 is 0 Å². The molecule has 2 aromatic rings. The van der Waals surface area contributed by atoms with E-state index in [0.717, 1.165) is 20.9 Å². The highest BCUT2D eigenvalue weighted by Crippen LogP contribution is 2.43.